The number of hydrogen-bond donors (Lipinski definition) is 1. The average molecular weight is 471 g/mol. The summed E-state index contributed by atoms with van der Waals surface area (Å²) < 4.78 is 34.4. The second kappa shape index (κ2) is 8.24. The first-order valence-corrected chi connectivity index (χ1v) is 10.3. The van der Waals surface area contributed by atoms with Crippen molar-refractivity contribution in [1.82, 2.24) is 10.3 Å². The summed E-state index contributed by atoms with van der Waals surface area (Å²) in [7, 11) is 0. The highest BCUT2D eigenvalue weighted by Gasteiger charge is 2.68. The Morgan fingerprint density at radius 2 is 1.84 bits per heavy atom. The standard InChI is InChI=1S/C21H18Cl2F2N2O4/c22-14-2-1-12(5-15(14)23)30-8-18(29)27-21-9-20(10-21,11-21)7-17(28)16-6-13(3-4-26-16)31-19(24)25/h1-6,19H,7-11H2,(H,27,29). The summed E-state index contributed by atoms with van der Waals surface area (Å²) in [4.78, 5) is 28.7. The number of nitrogens with zero attached hydrogens (tertiary/aromatic N) is 1. The molecule has 10 heteroatoms. The Morgan fingerprint density at radius 1 is 1.10 bits per heavy atom. The molecule has 3 saturated carbocycles. The van der Waals surface area contributed by atoms with Crippen LogP contribution in [-0.2, 0) is 4.79 Å². The van der Waals surface area contributed by atoms with Gasteiger partial charge in [-0.25, -0.2) is 0 Å². The van der Waals surface area contributed by atoms with Gasteiger partial charge in [-0.05, 0) is 42.9 Å². The lowest BCUT2D eigenvalue weighted by Gasteiger charge is -2.70. The van der Waals surface area contributed by atoms with Crippen LogP contribution in [0.4, 0.5) is 8.78 Å². The maximum atomic E-state index is 12.5. The van der Waals surface area contributed by atoms with Crippen LogP contribution in [0.3, 0.4) is 0 Å². The molecule has 3 fully saturated rings. The smallest absolute Gasteiger partial charge is 0.387 e. The van der Waals surface area contributed by atoms with E-state index >= 15 is 0 Å². The second-order valence-electron chi connectivity index (χ2n) is 8.08. The van der Waals surface area contributed by atoms with Gasteiger partial charge in [0, 0.05) is 30.3 Å². The summed E-state index contributed by atoms with van der Waals surface area (Å²) in [6.07, 6.45) is 3.55. The number of aromatic nitrogens is 1. The fourth-order valence-corrected chi connectivity index (χ4v) is 4.82. The summed E-state index contributed by atoms with van der Waals surface area (Å²) in [6.45, 7) is -3.13. The Labute approximate surface area is 186 Å². The van der Waals surface area contributed by atoms with Gasteiger partial charge >= 0.3 is 6.61 Å². The minimum atomic E-state index is -2.97. The number of pyridine rings is 1. The molecule has 6 nitrogen and oxygen atoms in total. The first-order valence-electron chi connectivity index (χ1n) is 9.51. The highest BCUT2D eigenvalue weighted by molar-refractivity contribution is 6.42. The summed E-state index contributed by atoms with van der Waals surface area (Å²) in [5, 5.41) is 3.71. The minimum Gasteiger partial charge on any atom is -0.484 e. The highest BCUT2D eigenvalue weighted by atomic mass is 35.5. The molecule has 0 radical (unpaired) electrons. The Kier molecular flexibility index (Phi) is 5.79. The number of amides is 1. The van der Waals surface area contributed by atoms with E-state index in [0.29, 0.717) is 35.1 Å². The van der Waals surface area contributed by atoms with Gasteiger partial charge in [-0.2, -0.15) is 8.78 Å². The number of carbonyl (C=O) groups is 2. The molecule has 2 bridgehead atoms. The maximum absolute atomic E-state index is 12.5. The van der Waals surface area contributed by atoms with Crippen molar-refractivity contribution in [2.75, 3.05) is 6.61 Å². The van der Waals surface area contributed by atoms with Crippen LogP contribution in [0.5, 0.6) is 11.5 Å². The van der Waals surface area contributed by atoms with E-state index in [0.717, 1.165) is 0 Å². The van der Waals surface area contributed by atoms with E-state index in [1.807, 2.05) is 0 Å². The SMILES string of the molecule is O=C(COc1ccc(Cl)c(Cl)c1)NC12CC(CC(=O)c3cc(OC(F)F)ccn3)(C1)C2. The van der Waals surface area contributed by atoms with Gasteiger partial charge in [0.2, 0.25) is 0 Å². The number of nitrogens with one attached hydrogen (secondary N) is 1. The zero-order chi connectivity index (χ0) is 22.2. The van der Waals surface area contributed by atoms with E-state index in [-0.39, 0.29) is 47.1 Å². The summed E-state index contributed by atoms with van der Waals surface area (Å²) in [5.41, 5.74) is -0.404. The number of ether oxygens (including phenoxy) is 2. The molecule has 2 aromatic rings. The van der Waals surface area contributed by atoms with Gasteiger partial charge in [0.25, 0.3) is 5.91 Å². The molecule has 0 saturated heterocycles. The van der Waals surface area contributed by atoms with E-state index in [2.05, 4.69) is 15.0 Å². The minimum absolute atomic E-state index is 0.0935. The number of rotatable bonds is 9. The first kappa shape index (κ1) is 21.8. The second-order valence-corrected chi connectivity index (χ2v) is 8.89. The Balaban J connectivity index is 1.24. The lowest BCUT2D eigenvalue weighted by atomic mass is 9.38. The molecule has 164 valence electrons. The van der Waals surface area contributed by atoms with Crippen LogP contribution in [0.1, 0.15) is 36.2 Å². The number of alkyl halides is 2. The molecule has 1 heterocycles. The first-order chi connectivity index (χ1) is 14.7. The molecule has 0 atom stereocenters. The largest absolute Gasteiger partial charge is 0.484 e. The fourth-order valence-electron chi connectivity index (χ4n) is 4.54. The molecule has 0 spiro atoms. The topological polar surface area (TPSA) is 77.5 Å². The highest BCUT2D eigenvalue weighted by Crippen LogP contribution is 2.69. The quantitative estimate of drug-likeness (QED) is 0.538. The monoisotopic (exact) mass is 470 g/mol. The van der Waals surface area contributed by atoms with Gasteiger partial charge in [0.1, 0.15) is 17.2 Å². The number of carbonyl (C=O) groups excluding carboxylic acids is 2. The van der Waals surface area contributed by atoms with Crippen LogP contribution >= 0.6 is 23.2 Å². The van der Waals surface area contributed by atoms with E-state index < -0.39 is 6.61 Å². The van der Waals surface area contributed by atoms with Gasteiger partial charge in [0.15, 0.2) is 12.4 Å². The summed E-state index contributed by atoms with van der Waals surface area (Å²) in [6, 6.07) is 7.24. The van der Waals surface area contributed by atoms with Crippen molar-refractivity contribution < 1.29 is 27.8 Å². The van der Waals surface area contributed by atoms with Crippen molar-refractivity contribution in [3.63, 3.8) is 0 Å². The molecule has 3 aliphatic rings. The molecule has 1 N–H and O–H groups in total. The average Bonchev–Trinajstić information content (AvgIpc) is 2.66. The van der Waals surface area contributed by atoms with E-state index in [4.69, 9.17) is 27.9 Å². The molecule has 3 aliphatic carbocycles. The van der Waals surface area contributed by atoms with Crippen molar-refractivity contribution in [3.05, 3.63) is 52.3 Å². The normalized spacial score (nSPS) is 23.5. The van der Waals surface area contributed by atoms with Gasteiger partial charge in [-0.3, -0.25) is 14.6 Å². The van der Waals surface area contributed by atoms with Crippen molar-refractivity contribution in [2.45, 2.75) is 37.8 Å². The van der Waals surface area contributed by atoms with Crippen LogP contribution < -0.4 is 14.8 Å². The zero-order valence-electron chi connectivity index (χ0n) is 16.2. The molecule has 0 unspecified atom stereocenters. The number of halogens is 4. The number of ketones is 1. The van der Waals surface area contributed by atoms with Crippen LogP contribution in [-0.4, -0.2) is 35.4 Å². The van der Waals surface area contributed by atoms with Crippen LogP contribution in [0.15, 0.2) is 36.5 Å². The van der Waals surface area contributed by atoms with Crippen LogP contribution in [0.2, 0.25) is 10.0 Å². The molecule has 1 aromatic heterocycles. The van der Waals surface area contributed by atoms with Crippen molar-refractivity contribution in [2.24, 2.45) is 5.41 Å². The molecule has 1 amide bonds. The lowest BCUT2D eigenvalue weighted by molar-refractivity contribution is -0.164. The molecular weight excluding hydrogens is 453 g/mol. The lowest BCUT2D eigenvalue weighted by Crippen LogP contribution is -2.75. The third kappa shape index (κ3) is 4.75. The van der Waals surface area contributed by atoms with Gasteiger partial charge in [-0.1, -0.05) is 23.2 Å². The summed E-state index contributed by atoms with van der Waals surface area (Å²) in [5.74, 6) is -0.155. The zero-order valence-corrected chi connectivity index (χ0v) is 17.7. The van der Waals surface area contributed by atoms with Gasteiger partial charge < -0.3 is 14.8 Å². The number of benzene rings is 1. The predicted molar refractivity (Wildman–Crippen MR) is 109 cm³/mol. The third-order valence-electron chi connectivity index (χ3n) is 5.58. The van der Waals surface area contributed by atoms with Gasteiger partial charge in [-0.15, -0.1) is 0 Å². The van der Waals surface area contributed by atoms with Crippen LogP contribution in [0.25, 0.3) is 0 Å². The van der Waals surface area contributed by atoms with Crippen molar-refractivity contribution >= 4 is 34.9 Å². The predicted octanol–water partition coefficient (Wildman–Crippen LogP) is 4.68. The third-order valence-corrected chi connectivity index (χ3v) is 6.32. The molecule has 1 aromatic carbocycles. The molecular formula is C21H18Cl2F2N2O4. The molecule has 0 aliphatic heterocycles. The number of Topliss-reactive ketones (excluding diaryl/α,β-unsaturated/α-hetero) is 1. The van der Waals surface area contributed by atoms with Crippen molar-refractivity contribution in [3.8, 4) is 11.5 Å². The Morgan fingerprint density at radius 3 is 2.52 bits per heavy atom. The Hall–Kier alpha value is -2.45. The van der Waals surface area contributed by atoms with E-state index in [9.17, 15) is 18.4 Å². The van der Waals surface area contributed by atoms with E-state index in [1.54, 1.807) is 12.1 Å². The Bertz CT molecular complexity index is 1010. The molecule has 31 heavy (non-hydrogen) atoms. The number of hydrogen-bond acceptors (Lipinski definition) is 5. The fraction of sp³-hybridized carbons (Fsp3) is 0.381. The van der Waals surface area contributed by atoms with Gasteiger partial charge in [0.05, 0.1) is 10.0 Å². The summed E-state index contributed by atoms with van der Waals surface area (Å²) >= 11 is 11.8. The van der Waals surface area contributed by atoms with Crippen LogP contribution in [0, 0.1) is 5.41 Å². The van der Waals surface area contributed by atoms with E-state index in [1.165, 1.54) is 24.4 Å². The molecule has 5 rings (SSSR count). The van der Waals surface area contributed by atoms with Crippen molar-refractivity contribution in [1.29, 1.82) is 0 Å². The maximum Gasteiger partial charge on any atom is 0.387 e.